The molecule has 0 radical (unpaired) electrons. The molecule has 1 aliphatic rings. The van der Waals surface area contributed by atoms with E-state index in [1.807, 2.05) is 0 Å². The third-order valence-corrected chi connectivity index (χ3v) is 3.64. The van der Waals surface area contributed by atoms with Crippen molar-refractivity contribution in [2.24, 2.45) is 5.92 Å². The molecule has 0 spiro atoms. The summed E-state index contributed by atoms with van der Waals surface area (Å²) in [5.41, 5.74) is 0.385. The standard InChI is InChI=1S/C15H19FO3/c1-10-3-2-4-12(7-10)19-9-11-5-6-13(15(17)18)14(16)8-11/h5-6,8,10,12H,2-4,7,9H2,1H3,(H,17,18). The zero-order valence-corrected chi connectivity index (χ0v) is 11.1. The van der Waals surface area contributed by atoms with Crippen molar-refractivity contribution in [3.05, 3.63) is 35.1 Å². The Bertz CT molecular complexity index is 459. The van der Waals surface area contributed by atoms with Crippen LogP contribution >= 0.6 is 0 Å². The molecule has 1 fully saturated rings. The lowest BCUT2D eigenvalue weighted by Gasteiger charge is -2.26. The summed E-state index contributed by atoms with van der Waals surface area (Å²) in [6, 6.07) is 4.15. The second-order valence-corrected chi connectivity index (χ2v) is 5.32. The summed E-state index contributed by atoms with van der Waals surface area (Å²) in [7, 11) is 0. The first-order chi connectivity index (χ1) is 9.06. The molecule has 0 saturated heterocycles. The molecular weight excluding hydrogens is 247 g/mol. The van der Waals surface area contributed by atoms with Crippen molar-refractivity contribution in [2.75, 3.05) is 0 Å². The highest BCUT2D eigenvalue weighted by Gasteiger charge is 2.19. The summed E-state index contributed by atoms with van der Waals surface area (Å²) in [4.78, 5) is 10.7. The third kappa shape index (κ3) is 3.77. The normalized spacial score (nSPS) is 23.3. The Balaban J connectivity index is 1.92. The lowest BCUT2D eigenvalue weighted by Crippen LogP contribution is -2.21. The average molecular weight is 266 g/mol. The first kappa shape index (κ1) is 14.0. The van der Waals surface area contributed by atoms with Crippen molar-refractivity contribution in [2.45, 2.75) is 45.3 Å². The highest BCUT2D eigenvalue weighted by molar-refractivity contribution is 5.87. The van der Waals surface area contributed by atoms with Gasteiger partial charge in [0.15, 0.2) is 0 Å². The molecule has 0 aliphatic heterocycles. The van der Waals surface area contributed by atoms with E-state index in [2.05, 4.69) is 6.92 Å². The number of carbonyl (C=O) groups is 1. The highest BCUT2D eigenvalue weighted by Crippen LogP contribution is 2.26. The van der Waals surface area contributed by atoms with Crippen molar-refractivity contribution in [1.82, 2.24) is 0 Å². The summed E-state index contributed by atoms with van der Waals surface area (Å²) in [6.45, 7) is 2.56. The summed E-state index contributed by atoms with van der Waals surface area (Å²) < 4.78 is 19.3. The number of hydrogen-bond donors (Lipinski definition) is 1. The topological polar surface area (TPSA) is 46.5 Å². The molecule has 2 unspecified atom stereocenters. The van der Waals surface area contributed by atoms with E-state index in [9.17, 15) is 9.18 Å². The second kappa shape index (κ2) is 6.15. The molecule has 1 N–H and O–H groups in total. The fourth-order valence-electron chi connectivity index (χ4n) is 2.57. The first-order valence-corrected chi connectivity index (χ1v) is 6.69. The Kier molecular flexibility index (Phi) is 4.53. The van der Waals surface area contributed by atoms with Gasteiger partial charge in [-0.1, -0.05) is 25.8 Å². The van der Waals surface area contributed by atoms with E-state index in [0.29, 0.717) is 18.1 Å². The van der Waals surface area contributed by atoms with Gasteiger partial charge in [-0.05, 0) is 36.5 Å². The number of benzene rings is 1. The Morgan fingerprint density at radius 3 is 2.89 bits per heavy atom. The molecule has 2 atom stereocenters. The average Bonchev–Trinajstić information content (AvgIpc) is 2.36. The molecule has 1 aromatic rings. The van der Waals surface area contributed by atoms with Gasteiger partial charge >= 0.3 is 5.97 Å². The van der Waals surface area contributed by atoms with Gasteiger partial charge in [-0.2, -0.15) is 0 Å². The molecular formula is C15H19FO3. The van der Waals surface area contributed by atoms with E-state index in [1.165, 1.54) is 25.0 Å². The van der Waals surface area contributed by atoms with Crippen molar-refractivity contribution in [1.29, 1.82) is 0 Å². The number of carboxylic acid groups (broad SMARTS) is 1. The summed E-state index contributed by atoms with van der Waals surface area (Å²) in [6.07, 6.45) is 4.78. The number of carboxylic acids is 1. The van der Waals surface area contributed by atoms with Gasteiger partial charge in [0, 0.05) is 0 Å². The molecule has 104 valence electrons. The van der Waals surface area contributed by atoms with Crippen LogP contribution < -0.4 is 0 Å². The SMILES string of the molecule is CC1CCCC(OCc2ccc(C(=O)O)c(F)c2)C1. The van der Waals surface area contributed by atoms with Crippen molar-refractivity contribution >= 4 is 5.97 Å². The van der Waals surface area contributed by atoms with Crippen molar-refractivity contribution in [3.63, 3.8) is 0 Å². The summed E-state index contributed by atoms with van der Waals surface area (Å²) in [5.74, 6) is -1.26. The first-order valence-electron chi connectivity index (χ1n) is 6.69. The maximum Gasteiger partial charge on any atom is 0.338 e. The van der Waals surface area contributed by atoms with Gasteiger partial charge in [0.05, 0.1) is 18.3 Å². The van der Waals surface area contributed by atoms with Gasteiger partial charge in [-0.3, -0.25) is 0 Å². The maximum absolute atomic E-state index is 13.5. The van der Waals surface area contributed by atoms with Crippen LogP contribution in [0.2, 0.25) is 0 Å². The summed E-state index contributed by atoms with van der Waals surface area (Å²) in [5, 5.41) is 8.75. The molecule has 4 heteroatoms. The molecule has 1 saturated carbocycles. The van der Waals surface area contributed by atoms with Crippen molar-refractivity contribution < 1.29 is 19.0 Å². The molecule has 0 aromatic heterocycles. The van der Waals surface area contributed by atoms with Crippen LogP contribution in [0.1, 0.15) is 48.5 Å². The third-order valence-electron chi connectivity index (χ3n) is 3.64. The molecule has 0 bridgehead atoms. The van der Waals surface area contributed by atoms with E-state index in [-0.39, 0.29) is 11.7 Å². The number of ether oxygens (including phenoxy) is 1. The molecule has 19 heavy (non-hydrogen) atoms. The monoisotopic (exact) mass is 266 g/mol. The Hall–Kier alpha value is -1.42. The minimum atomic E-state index is -1.24. The molecule has 1 aromatic carbocycles. The molecule has 0 heterocycles. The van der Waals surface area contributed by atoms with Gasteiger partial charge in [0.1, 0.15) is 5.82 Å². The van der Waals surface area contributed by atoms with E-state index in [0.717, 1.165) is 12.8 Å². The fourth-order valence-corrected chi connectivity index (χ4v) is 2.57. The van der Waals surface area contributed by atoms with Crippen LogP contribution in [0, 0.1) is 11.7 Å². The zero-order valence-electron chi connectivity index (χ0n) is 11.1. The number of hydrogen-bond acceptors (Lipinski definition) is 2. The molecule has 2 rings (SSSR count). The van der Waals surface area contributed by atoms with Gasteiger partial charge in [-0.25, -0.2) is 9.18 Å². The Morgan fingerprint density at radius 1 is 1.47 bits per heavy atom. The van der Waals surface area contributed by atoms with E-state index in [1.54, 1.807) is 6.07 Å². The highest BCUT2D eigenvalue weighted by atomic mass is 19.1. The van der Waals surface area contributed by atoms with Crippen LogP contribution in [0.15, 0.2) is 18.2 Å². The maximum atomic E-state index is 13.5. The van der Waals surface area contributed by atoms with Crippen LogP contribution in [0.4, 0.5) is 4.39 Å². The minimum Gasteiger partial charge on any atom is -0.478 e. The van der Waals surface area contributed by atoms with Gasteiger partial charge in [0.2, 0.25) is 0 Å². The predicted molar refractivity (Wildman–Crippen MR) is 69.6 cm³/mol. The van der Waals surface area contributed by atoms with E-state index in [4.69, 9.17) is 9.84 Å². The van der Waals surface area contributed by atoms with Crippen LogP contribution in [-0.2, 0) is 11.3 Å². The fraction of sp³-hybridized carbons (Fsp3) is 0.533. The van der Waals surface area contributed by atoms with E-state index >= 15 is 0 Å². The lowest BCUT2D eigenvalue weighted by atomic mass is 9.89. The lowest BCUT2D eigenvalue weighted by molar-refractivity contribution is 0.00455. The summed E-state index contributed by atoms with van der Waals surface area (Å²) >= 11 is 0. The minimum absolute atomic E-state index is 0.242. The Labute approximate surface area is 112 Å². The zero-order chi connectivity index (χ0) is 13.8. The quantitative estimate of drug-likeness (QED) is 0.905. The van der Waals surface area contributed by atoms with Crippen LogP contribution in [-0.4, -0.2) is 17.2 Å². The van der Waals surface area contributed by atoms with E-state index < -0.39 is 11.8 Å². The number of halogens is 1. The van der Waals surface area contributed by atoms with Gasteiger partial charge in [0.25, 0.3) is 0 Å². The van der Waals surface area contributed by atoms with Crippen molar-refractivity contribution in [3.8, 4) is 0 Å². The molecule has 3 nitrogen and oxygen atoms in total. The van der Waals surface area contributed by atoms with Crippen LogP contribution in [0.5, 0.6) is 0 Å². The number of aromatic carboxylic acids is 1. The molecule has 0 amide bonds. The van der Waals surface area contributed by atoms with Crippen LogP contribution in [0.3, 0.4) is 0 Å². The molecule has 1 aliphatic carbocycles. The second-order valence-electron chi connectivity index (χ2n) is 5.32. The van der Waals surface area contributed by atoms with Gasteiger partial charge in [-0.15, -0.1) is 0 Å². The Morgan fingerprint density at radius 2 is 2.26 bits per heavy atom. The predicted octanol–water partition coefficient (Wildman–Crippen LogP) is 3.62. The van der Waals surface area contributed by atoms with Crippen LogP contribution in [0.25, 0.3) is 0 Å². The number of rotatable bonds is 4. The van der Waals surface area contributed by atoms with Gasteiger partial charge < -0.3 is 9.84 Å². The largest absolute Gasteiger partial charge is 0.478 e. The smallest absolute Gasteiger partial charge is 0.338 e.